The lowest BCUT2D eigenvalue weighted by molar-refractivity contribution is -0.125. The third kappa shape index (κ3) is 25.8. The van der Waals surface area contributed by atoms with Gasteiger partial charge < -0.3 is 88.4 Å². The maximum Gasteiger partial charge on any atom is 0.410 e. The number of halogens is 2. The summed E-state index contributed by atoms with van der Waals surface area (Å²) in [4.78, 5) is 117. The molecule has 0 bridgehead atoms. The summed E-state index contributed by atoms with van der Waals surface area (Å²) in [6.45, 7) is 22.1. The summed E-state index contributed by atoms with van der Waals surface area (Å²) in [5.41, 5.74) is 19.6. The number of nitrogens with zero attached hydrogens (tertiary/aromatic N) is 7. The highest BCUT2D eigenvalue weighted by molar-refractivity contribution is 6.66. The maximum absolute atomic E-state index is 12.4. The van der Waals surface area contributed by atoms with Crippen molar-refractivity contribution in [2.24, 2.45) is 17.2 Å². The number of benzene rings is 8. The monoisotopic (exact) mass is 1780 g/mol. The first-order valence-corrected chi connectivity index (χ1v) is 41.2. The molecule has 664 valence electrons. The van der Waals surface area contributed by atoms with Crippen LogP contribution >= 0.6 is 24.0 Å². The number of likely N-dealkylation sites (tertiary alicyclic amines) is 3. The maximum atomic E-state index is 12.4. The Hall–Kier alpha value is -14.6. The Morgan fingerprint density at radius 3 is 0.906 bits per heavy atom. The molecule has 4 atom stereocenters. The third-order valence-corrected chi connectivity index (χ3v) is 20.0. The molecule has 4 aliphatic rings. The number of nitrogens with one attached hydrogen (secondary N) is 1. The molecule has 32 heteroatoms. The molecular formula is C96H97Cl2N11O19. The van der Waals surface area contributed by atoms with Crippen molar-refractivity contribution in [1.82, 2.24) is 40.0 Å². The van der Waals surface area contributed by atoms with Gasteiger partial charge in [-0.05, 0) is 243 Å². The van der Waals surface area contributed by atoms with Gasteiger partial charge in [-0.2, -0.15) is 0 Å². The second-order valence-electron chi connectivity index (χ2n) is 31.6. The number of amides is 6. The Morgan fingerprint density at radius 2 is 0.656 bits per heavy atom. The number of carboxylic acid groups (broad SMARTS) is 1. The minimum Gasteiger partial charge on any atom is -0.475 e. The van der Waals surface area contributed by atoms with E-state index in [4.69, 9.17) is 74.9 Å². The van der Waals surface area contributed by atoms with E-state index in [2.05, 4.69) is 38.4 Å². The number of ether oxygens (including phenoxy) is 6. The number of aromatic carboxylic acids is 1. The smallest absolute Gasteiger partial charge is 0.410 e. The zero-order valence-electron chi connectivity index (χ0n) is 71.1. The van der Waals surface area contributed by atoms with Crippen LogP contribution in [-0.4, -0.2) is 150 Å². The van der Waals surface area contributed by atoms with Crippen molar-refractivity contribution in [3.63, 3.8) is 0 Å². The summed E-state index contributed by atoms with van der Waals surface area (Å²) in [6.07, 6.45) is 4.45. The zero-order chi connectivity index (χ0) is 90.5. The largest absolute Gasteiger partial charge is 0.475 e. The summed E-state index contributed by atoms with van der Waals surface area (Å²) in [5.74, 6) is 3.46. The molecule has 4 aliphatic heterocycles. The summed E-state index contributed by atoms with van der Waals surface area (Å²) >= 11 is 4.71. The Balaban J connectivity index is 0.000000162. The van der Waals surface area contributed by atoms with Gasteiger partial charge in [-0.25, -0.2) is 34.3 Å². The Labute approximate surface area is 749 Å². The second kappa shape index (κ2) is 43.3. The fourth-order valence-electron chi connectivity index (χ4n) is 13.8. The van der Waals surface area contributed by atoms with E-state index >= 15 is 0 Å². The van der Waals surface area contributed by atoms with Gasteiger partial charge in [-0.15, -0.1) is 12.4 Å². The van der Waals surface area contributed by atoms with Gasteiger partial charge in [-0.1, -0.05) is 86.0 Å². The number of carboxylic acids is 1. The number of carbonyl (C=O) groups is 8. The molecule has 8 N–H and O–H groups in total. The van der Waals surface area contributed by atoms with E-state index < -0.39 is 46.2 Å². The number of carbonyl (C=O) groups excluding carboxylic acids is 7. The van der Waals surface area contributed by atoms with Crippen LogP contribution in [0, 0.1) is 0 Å². The van der Waals surface area contributed by atoms with Crippen LogP contribution in [0.2, 0.25) is 0 Å². The first-order chi connectivity index (χ1) is 60.9. The van der Waals surface area contributed by atoms with Crippen molar-refractivity contribution < 1.29 is 89.6 Å². The van der Waals surface area contributed by atoms with Gasteiger partial charge in [0.15, 0.2) is 5.89 Å². The highest BCUT2D eigenvalue weighted by Gasteiger charge is 2.38. The molecule has 4 saturated heterocycles. The second-order valence-corrected chi connectivity index (χ2v) is 31.9. The highest BCUT2D eigenvalue weighted by atomic mass is 35.5. The Bertz CT molecular complexity index is 5630. The predicted octanol–water partition coefficient (Wildman–Crippen LogP) is 18.9. The van der Waals surface area contributed by atoms with E-state index in [0.29, 0.717) is 145 Å². The number of rotatable bonds is 22. The molecule has 128 heavy (non-hydrogen) atoms. The van der Waals surface area contributed by atoms with Gasteiger partial charge in [0.1, 0.15) is 80.0 Å². The number of para-hydroxylation sites is 4. The lowest BCUT2D eigenvalue weighted by Crippen LogP contribution is -2.35. The van der Waals surface area contributed by atoms with Gasteiger partial charge in [0.2, 0.25) is 51.9 Å². The van der Waals surface area contributed by atoms with Crippen molar-refractivity contribution in [1.29, 1.82) is 0 Å². The normalized spacial score (nSPS) is 15.5. The molecule has 4 unspecified atom stereocenters. The number of nitrogens with two attached hydrogens (primary N) is 3. The van der Waals surface area contributed by atoms with E-state index in [-0.39, 0.29) is 76.8 Å². The van der Waals surface area contributed by atoms with Gasteiger partial charge in [0, 0.05) is 74.0 Å². The lowest BCUT2D eigenvalue weighted by Gasteiger charge is -2.24. The summed E-state index contributed by atoms with van der Waals surface area (Å²) in [6, 6.07) is 66.5. The fourth-order valence-corrected chi connectivity index (χ4v) is 13.8. The van der Waals surface area contributed by atoms with Crippen LogP contribution in [0.4, 0.5) is 9.59 Å². The summed E-state index contributed by atoms with van der Waals surface area (Å²) in [5, 5.41) is 12.4. The van der Waals surface area contributed by atoms with Gasteiger partial charge in [0.25, 0.3) is 17.7 Å². The topological polar surface area (TPSA) is 416 Å². The number of oxazole rings is 4. The Kier molecular flexibility index (Phi) is 31.8. The lowest BCUT2D eigenvalue weighted by atomic mass is 10.1. The van der Waals surface area contributed by atoms with Crippen molar-refractivity contribution in [3.8, 4) is 91.0 Å². The molecule has 6 amide bonds. The van der Waals surface area contributed by atoms with Crippen LogP contribution in [-0.2, 0) is 19.1 Å². The molecule has 8 aromatic carbocycles. The highest BCUT2D eigenvalue weighted by Crippen LogP contribution is 2.40. The van der Waals surface area contributed by atoms with Gasteiger partial charge >= 0.3 is 18.2 Å². The molecular weight excluding hydrogens is 1680 g/mol. The molecule has 16 rings (SSSR count). The minimum atomic E-state index is -1.20. The van der Waals surface area contributed by atoms with E-state index in [1.165, 1.54) is 6.08 Å². The van der Waals surface area contributed by atoms with E-state index in [9.17, 15) is 43.5 Å². The first-order valence-electron chi connectivity index (χ1n) is 40.8. The van der Waals surface area contributed by atoms with Crippen LogP contribution < -0.4 is 41.5 Å². The number of primary amides is 3. The average molecular weight is 1780 g/mol. The molecule has 0 saturated carbocycles. The Morgan fingerprint density at radius 1 is 0.398 bits per heavy atom. The van der Waals surface area contributed by atoms with Crippen LogP contribution in [0.5, 0.6) is 46.0 Å². The SMILES string of the molecule is C=CC(=O)Cl.C=CC(=O)N1CCC(c2nc(-c3ccc(Oc4ccccc4)cc3)c(C(N)=O)o2)C1.CC(C)(C)OC(=O)N1CCC(c2nc(-c3ccc(Oc4ccccc4)cc3)c(C(=O)O)o2)C1.CC(C)(C)OC(=O)N1CCC(c2nc(-c3ccc(Oc4ccccc4)cc3)c(C(N)=O)o2)C1.Cl.NC(=O)c1oc(C2CCNC2)nc1-c1ccc(Oc2ccccc2)cc1. The van der Waals surface area contributed by atoms with Gasteiger partial charge in [0.05, 0.1) is 17.8 Å². The van der Waals surface area contributed by atoms with Crippen molar-refractivity contribution in [2.75, 3.05) is 52.4 Å². The van der Waals surface area contributed by atoms with Crippen LogP contribution in [0.25, 0.3) is 45.0 Å². The third-order valence-electron chi connectivity index (χ3n) is 19.8. The number of hydrogen-bond donors (Lipinski definition) is 5. The van der Waals surface area contributed by atoms with E-state index in [0.717, 1.165) is 48.4 Å². The number of allylic oxidation sites excluding steroid dienone is 1. The molecule has 30 nitrogen and oxygen atoms in total. The van der Waals surface area contributed by atoms with E-state index in [1.807, 2.05) is 187 Å². The molecule has 4 fully saturated rings. The number of hydrogen-bond acceptors (Lipinski definition) is 23. The molecule has 0 aliphatic carbocycles. The van der Waals surface area contributed by atoms with Crippen LogP contribution in [0.15, 0.2) is 261 Å². The van der Waals surface area contributed by atoms with Crippen molar-refractivity contribution >= 4 is 71.0 Å². The molecule has 8 heterocycles. The fraction of sp³-hybridized carbons (Fsp3) is 0.250. The summed E-state index contributed by atoms with van der Waals surface area (Å²) in [7, 11) is 0. The standard InChI is InChI=1S/C25H27N3O5.C25H26N2O6.C23H21N3O4.C20H19N3O3.C3H3ClO.ClH/c1-25(2,3)33-24(30)28-14-13-17(15-28)23-27-20(21(32-23)22(26)29)16-9-11-19(12-10-16)31-18-7-5-4-6-8-18;1-25(2,3)33-24(30)27-14-13-17(15-27)22-26-20(21(32-22)23(28)29)16-9-11-19(12-10-16)31-18-7-5-4-6-8-18;1-2-19(27)26-13-12-16(14-26)23-25-20(21(30-23)22(24)28)15-8-10-18(11-9-15)29-17-6-4-3-5-7-17;21-19(24)18-17(23-20(26-18)14-10-11-22-12-14)13-6-8-16(9-7-13)25-15-4-2-1-3-5-15;1-2-3(4)5;/h4-12,17H,13-15H2,1-3H3,(H2,26,29);4-12,17H,13-15H2,1-3H3,(H,28,29);2-11,16H,1,12-14H2,(H2,24,28);1-9,14,22H,10-12H2,(H2,21,24);2H,1H2;1H. The first kappa shape index (κ1) is 94.1. The molecule has 0 spiro atoms. The van der Waals surface area contributed by atoms with Crippen molar-refractivity contribution in [2.45, 2.75) is 102 Å². The van der Waals surface area contributed by atoms with E-state index in [1.54, 1.807) is 87.5 Å². The quantitative estimate of drug-likeness (QED) is 0.0311. The minimum absolute atomic E-state index is 0. The molecule has 0 radical (unpaired) electrons. The predicted molar refractivity (Wildman–Crippen MR) is 479 cm³/mol. The average Bonchev–Trinajstić information content (AvgIpc) is 1.63. The van der Waals surface area contributed by atoms with Crippen LogP contribution in [0.1, 0.15) is 157 Å². The molecule has 12 aromatic rings. The summed E-state index contributed by atoms with van der Waals surface area (Å²) < 4.78 is 56.9. The van der Waals surface area contributed by atoms with Crippen LogP contribution in [0.3, 0.4) is 0 Å². The van der Waals surface area contributed by atoms with Crippen molar-refractivity contribution in [3.05, 3.63) is 290 Å². The zero-order valence-corrected chi connectivity index (χ0v) is 72.7. The molecule has 4 aromatic heterocycles. The van der Waals surface area contributed by atoms with Gasteiger partial charge in [-0.3, -0.25) is 24.0 Å². The number of aromatic nitrogens is 4.